The molecule has 0 aromatic carbocycles. The van der Waals surface area contributed by atoms with Crippen LogP contribution in [0.2, 0.25) is 0 Å². The lowest BCUT2D eigenvalue weighted by atomic mass is 10.1. The Balaban J connectivity index is 3.19. The van der Waals surface area contributed by atoms with Crippen LogP contribution >= 0.6 is 0 Å². The zero-order valence-corrected chi connectivity index (χ0v) is 14.9. The Morgan fingerprint density at radius 2 is 1.39 bits per heavy atom. The van der Waals surface area contributed by atoms with Crippen molar-refractivity contribution in [3.63, 3.8) is 0 Å². The van der Waals surface area contributed by atoms with Gasteiger partial charge in [-0.1, -0.05) is 70.6 Å². The number of aliphatic carboxylic acids is 1. The van der Waals surface area contributed by atoms with E-state index in [0.717, 1.165) is 30.5 Å². The number of allylic oxidation sites excluding steroid dienone is 2. The largest absolute Gasteiger partial charge is 0.481 e. The summed E-state index contributed by atoms with van der Waals surface area (Å²) in [6, 6.07) is 0. The third kappa shape index (κ3) is 16.7. The molecule has 132 valence electrons. The fraction of sp³-hybridized carbons (Fsp3) is 0.650. The summed E-state index contributed by atoms with van der Waals surface area (Å²) >= 11 is 0. The third-order valence-electron chi connectivity index (χ3n) is 3.90. The lowest BCUT2D eigenvalue weighted by Gasteiger charge is -2.03. The van der Waals surface area contributed by atoms with Gasteiger partial charge in [0, 0.05) is 12.1 Å². The standard InChI is InChI=1S/C20H35NO2/c1-18(2)19(3)21-17-15-13-11-9-7-5-4-6-8-10-12-14-16-20(22)23/h15,17,21H,1,3-14,16H2,2H3,(H,22,23)/b17-15+. The van der Waals surface area contributed by atoms with E-state index >= 15 is 0 Å². The molecule has 0 fully saturated rings. The van der Waals surface area contributed by atoms with Crippen LogP contribution in [0.25, 0.3) is 0 Å². The second kappa shape index (κ2) is 15.4. The summed E-state index contributed by atoms with van der Waals surface area (Å²) in [6.07, 6.45) is 17.7. The van der Waals surface area contributed by atoms with Gasteiger partial charge in [0.25, 0.3) is 0 Å². The summed E-state index contributed by atoms with van der Waals surface area (Å²) in [4.78, 5) is 10.4. The maximum absolute atomic E-state index is 10.4. The van der Waals surface area contributed by atoms with Crippen molar-refractivity contribution in [3.05, 3.63) is 36.7 Å². The van der Waals surface area contributed by atoms with Crippen molar-refractivity contribution in [2.75, 3.05) is 0 Å². The van der Waals surface area contributed by atoms with Gasteiger partial charge in [-0.05, 0) is 38.0 Å². The number of carboxylic acids is 1. The van der Waals surface area contributed by atoms with Gasteiger partial charge >= 0.3 is 5.97 Å². The van der Waals surface area contributed by atoms with Crippen LogP contribution < -0.4 is 5.32 Å². The number of nitrogens with one attached hydrogen (secondary N) is 1. The van der Waals surface area contributed by atoms with Gasteiger partial charge in [-0.15, -0.1) is 0 Å². The van der Waals surface area contributed by atoms with Crippen molar-refractivity contribution in [1.29, 1.82) is 0 Å². The van der Waals surface area contributed by atoms with E-state index < -0.39 is 5.97 Å². The predicted octanol–water partition coefficient (Wildman–Crippen LogP) is 5.95. The Morgan fingerprint density at radius 3 is 1.87 bits per heavy atom. The van der Waals surface area contributed by atoms with Crippen LogP contribution in [-0.2, 0) is 4.79 Å². The van der Waals surface area contributed by atoms with Crippen LogP contribution in [0.15, 0.2) is 36.7 Å². The highest BCUT2D eigenvalue weighted by molar-refractivity contribution is 5.66. The summed E-state index contributed by atoms with van der Waals surface area (Å²) in [6.45, 7) is 9.64. The molecule has 0 amide bonds. The van der Waals surface area contributed by atoms with Crippen LogP contribution in [0.5, 0.6) is 0 Å². The Morgan fingerprint density at radius 1 is 0.913 bits per heavy atom. The highest BCUT2D eigenvalue weighted by Crippen LogP contribution is 2.12. The average Bonchev–Trinajstić information content (AvgIpc) is 2.50. The summed E-state index contributed by atoms with van der Waals surface area (Å²) in [5.41, 5.74) is 1.85. The molecule has 23 heavy (non-hydrogen) atoms. The minimum Gasteiger partial charge on any atom is -0.481 e. The molecule has 0 bridgehead atoms. The zero-order chi connectivity index (χ0) is 17.3. The van der Waals surface area contributed by atoms with Crippen molar-refractivity contribution < 1.29 is 9.90 Å². The fourth-order valence-corrected chi connectivity index (χ4v) is 2.32. The van der Waals surface area contributed by atoms with Gasteiger partial charge in [-0.25, -0.2) is 0 Å². The van der Waals surface area contributed by atoms with Crippen LogP contribution in [0.1, 0.15) is 84.0 Å². The van der Waals surface area contributed by atoms with Crippen LogP contribution in [0, 0.1) is 0 Å². The van der Waals surface area contributed by atoms with Crippen molar-refractivity contribution in [3.8, 4) is 0 Å². The molecule has 0 aliphatic heterocycles. The number of hydrogen-bond donors (Lipinski definition) is 2. The van der Waals surface area contributed by atoms with Crippen LogP contribution in [-0.4, -0.2) is 11.1 Å². The molecule has 0 aliphatic carbocycles. The molecule has 0 unspecified atom stereocenters. The van der Waals surface area contributed by atoms with E-state index in [1.165, 1.54) is 51.4 Å². The number of rotatable bonds is 16. The lowest BCUT2D eigenvalue weighted by Crippen LogP contribution is -2.03. The number of unbranched alkanes of at least 4 members (excludes halogenated alkanes) is 10. The Kier molecular flexibility index (Phi) is 14.4. The first-order valence-corrected chi connectivity index (χ1v) is 9.02. The fourth-order valence-electron chi connectivity index (χ4n) is 2.32. The maximum Gasteiger partial charge on any atom is 0.303 e. The molecule has 0 saturated carbocycles. The van der Waals surface area contributed by atoms with Gasteiger partial charge in [0.2, 0.25) is 0 Å². The molecule has 0 aromatic heterocycles. The summed E-state index contributed by atoms with van der Waals surface area (Å²) in [7, 11) is 0. The molecule has 0 saturated heterocycles. The predicted molar refractivity (Wildman–Crippen MR) is 99.3 cm³/mol. The SMILES string of the molecule is C=C(C)C(=C)N/C=C/CCCCCCCCCCCCC(=O)O. The minimum absolute atomic E-state index is 0.325. The van der Waals surface area contributed by atoms with Crippen molar-refractivity contribution in [1.82, 2.24) is 5.32 Å². The normalized spacial score (nSPS) is 10.8. The first-order valence-electron chi connectivity index (χ1n) is 9.02. The molecular formula is C20H35NO2. The van der Waals surface area contributed by atoms with Gasteiger partial charge in [-0.3, -0.25) is 4.79 Å². The van der Waals surface area contributed by atoms with Gasteiger partial charge in [0.15, 0.2) is 0 Å². The topological polar surface area (TPSA) is 49.3 Å². The molecule has 0 aromatic rings. The van der Waals surface area contributed by atoms with E-state index in [0.29, 0.717) is 6.42 Å². The summed E-state index contributed by atoms with van der Waals surface area (Å²) in [5.74, 6) is -0.670. The van der Waals surface area contributed by atoms with Gasteiger partial charge in [0.05, 0.1) is 0 Å². The summed E-state index contributed by atoms with van der Waals surface area (Å²) < 4.78 is 0. The zero-order valence-electron chi connectivity index (χ0n) is 14.9. The highest BCUT2D eigenvalue weighted by atomic mass is 16.4. The maximum atomic E-state index is 10.4. The lowest BCUT2D eigenvalue weighted by molar-refractivity contribution is -0.137. The molecule has 3 nitrogen and oxygen atoms in total. The van der Waals surface area contributed by atoms with Crippen molar-refractivity contribution in [2.24, 2.45) is 0 Å². The van der Waals surface area contributed by atoms with Crippen molar-refractivity contribution in [2.45, 2.75) is 84.0 Å². The van der Waals surface area contributed by atoms with Crippen LogP contribution in [0.3, 0.4) is 0 Å². The first kappa shape index (κ1) is 21.5. The second-order valence-electron chi connectivity index (χ2n) is 6.27. The number of hydrogen-bond acceptors (Lipinski definition) is 2. The molecule has 0 rings (SSSR count). The highest BCUT2D eigenvalue weighted by Gasteiger charge is 1.96. The molecule has 0 spiro atoms. The quantitative estimate of drug-likeness (QED) is 0.273. The van der Waals surface area contributed by atoms with Gasteiger partial charge in [-0.2, -0.15) is 0 Å². The summed E-state index contributed by atoms with van der Waals surface area (Å²) in [5, 5.41) is 11.7. The van der Waals surface area contributed by atoms with E-state index in [1.807, 2.05) is 13.1 Å². The molecule has 0 aliphatic rings. The van der Waals surface area contributed by atoms with Gasteiger partial charge in [0.1, 0.15) is 0 Å². The number of carbonyl (C=O) groups is 1. The van der Waals surface area contributed by atoms with Crippen LogP contribution in [0.4, 0.5) is 0 Å². The van der Waals surface area contributed by atoms with Crippen molar-refractivity contribution >= 4 is 5.97 Å². The molecule has 0 heterocycles. The number of carboxylic acid groups (broad SMARTS) is 1. The molecular weight excluding hydrogens is 286 g/mol. The first-order chi connectivity index (χ1) is 11.0. The Labute approximate surface area is 142 Å². The minimum atomic E-state index is -0.670. The monoisotopic (exact) mass is 321 g/mol. The smallest absolute Gasteiger partial charge is 0.303 e. The van der Waals surface area contributed by atoms with E-state index in [-0.39, 0.29) is 0 Å². The second-order valence-corrected chi connectivity index (χ2v) is 6.27. The molecule has 2 N–H and O–H groups in total. The molecule has 0 atom stereocenters. The molecule has 0 radical (unpaired) electrons. The molecule has 3 heteroatoms. The average molecular weight is 322 g/mol. The third-order valence-corrected chi connectivity index (χ3v) is 3.90. The van der Waals surface area contributed by atoms with E-state index in [9.17, 15) is 4.79 Å². The van der Waals surface area contributed by atoms with E-state index in [4.69, 9.17) is 5.11 Å². The Hall–Kier alpha value is -1.51. The van der Waals surface area contributed by atoms with E-state index in [2.05, 4.69) is 24.6 Å². The Bertz CT molecular complexity index is 372. The van der Waals surface area contributed by atoms with Gasteiger partial charge < -0.3 is 10.4 Å². The van der Waals surface area contributed by atoms with E-state index in [1.54, 1.807) is 0 Å².